The molecule has 0 amide bonds. The summed E-state index contributed by atoms with van der Waals surface area (Å²) >= 11 is 0. The molecular formula is C18H14N2O. The molecule has 0 fully saturated rings. The number of fused-ring (bicyclic) bond motifs is 1. The molecule has 3 nitrogen and oxygen atoms in total. The summed E-state index contributed by atoms with van der Waals surface area (Å²) in [6, 6.07) is 21.8. The van der Waals surface area contributed by atoms with Crippen LogP contribution >= 0.6 is 0 Å². The summed E-state index contributed by atoms with van der Waals surface area (Å²) in [7, 11) is 0. The zero-order chi connectivity index (χ0) is 14.5. The molecule has 0 N–H and O–H groups in total. The number of pyridine rings is 1. The smallest absolute Gasteiger partial charge is 0.130 e. The van der Waals surface area contributed by atoms with Crippen molar-refractivity contribution in [1.82, 2.24) is 4.98 Å². The number of nitrogens with zero attached hydrogens (tertiary/aromatic N) is 2. The van der Waals surface area contributed by atoms with Crippen LogP contribution in [0.4, 0.5) is 0 Å². The van der Waals surface area contributed by atoms with E-state index in [1.807, 2.05) is 54.6 Å². The highest BCUT2D eigenvalue weighted by Gasteiger charge is 2.00. The average Bonchev–Trinajstić information content (AvgIpc) is 2.54. The van der Waals surface area contributed by atoms with Crippen molar-refractivity contribution in [2.45, 2.75) is 13.0 Å². The van der Waals surface area contributed by atoms with Gasteiger partial charge in [0.25, 0.3) is 0 Å². The molecule has 0 spiro atoms. The predicted octanol–water partition coefficient (Wildman–Crippen LogP) is 3.88. The third kappa shape index (κ3) is 3.18. The van der Waals surface area contributed by atoms with Crippen LogP contribution in [-0.2, 0) is 13.0 Å². The Morgan fingerprint density at radius 3 is 2.57 bits per heavy atom. The summed E-state index contributed by atoms with van der Waals surface area (Å²) in [6.45, 7) is 0.433. The molecule has 0 aliphatic heterocycles. The number of rotatable bonds is 4. The van der Waals surface area contributed by atoms with Gasteiger partial charge in [0.1, 0.15) is 12.4 Å². The summed E-state index contributed by atoms with van der Waals surface area (Å²) in [5.41, 5.74) is 2.87. The van der Waals surface area contributed by atoms with E-state index < -0.39 is 0 Å². The fraction of sp³-hybridized carbons (Fsp3) is 0.111. The highest BCUT2D eigenvalue weighted by molar-refractivity contribution is 5.78. The van der Waals surface area contributed by atoms with E-state index in [9.17, 15) is 0 Å². The van der Waals surface area contributed by atoms with Gasteiger partial charge in [0, 0.05) is 5.39 Å². The zero-order valence-corrected chi connectivity index (χ0v) is 11.5. The molecular weight excluding hydrogens is 260 g/mol. The minimum absolute atomic E-state index is 0.423. The number of para-hydroxylation sites is 1. The van der Waals surface area contributed by atoms with Gasteiger partial charge >= 0.3 is 0 Å². The van der Waals surface area contributed by atoms with Crippen molar-refractivity contribution in [3.8, 4) is 11.8 Å². The van der Waals surface area contributed by atoms with Gasteiger partial charge in [0.2, 0.25) is 0 Å². The first kappa shape index (κ1) is 13.1. The Balaban J connectivity index is 1.69. The minimum Gasteiger partial charge on any atom is -0.487 e. The summed E-state index contributed by atoms with van der Waals surface area (Å²) in [5.74, 6) is 0.784. The molecule has 0 aliphatic carbocycles. The minimum atomic E-state index is 0.423. The molecule has 0 bridgehead atoms. The molecule has 0 atom stereocenters. The number of hydrogen-bond donors (Lipinski definition) is 0. The van der Waals surface area contributed by atoms with Gasteiger partial charge in [-0.25, -0.2) is 4.98 Å². The summed E-state index contributed by atoms with van der Waals surface area (Å²) in [5, 5.41) is 9.77. The van der Waals surface area contributed by atoms with E-state index >= 15 is 0 Å². The van der Waals surface area contributed by atoms with Crippen molar-refractivity contribution in [1.29, 1.82) is 5.26 Å². The van der Waals surface area contributed by atoms with E-state index in [1.165, 1.54) is 0 Å². The Labute approximate surface area is 123 Å². The number of nitriles is 1. The van der Waals surface area contributed by atoms with Gasteiger partial charge in [0.15, 0.2) is 0 Å². The molecule has 3 aromatic rings. The third-order valence-electron chi connectivity index (χ3n) is 3.25. The van der Waals surface area contributed by atoms with Crippen molar-refractivity contribution in [2.75, 3.05) is 0 Å². The molecule has 3 rings (SSSR count). The molecule has 1 heterocycles. The Morgan fingerprint density at radius 2 is 1.76 bits per heavy atom. The van der Waals surface area contributed by atoms with Crippen LogP contribution in [0.3, 0.4) is 0 Å². The van der Waals surface area contributed by atoms with E-state index in [0.29, 0.717) is 13.0 Å². The summed E-state index contributed by atoms with van der Waals surface area (Å²) < 4.78 is 5.73. The van der Waals surface area contributed by atoms with Crippen LogP contribution in [0.15, 0.2) is 60.7 Å². The topological polar surface area (TPSA) is 45.9 Å². The van der Waals surface area contributed by atoms with Crippen LogP contribution in [0.2, 0.25) is 0 Å². The number of benzene rings is 2. The average molecular weight is 274 g/mol. The first-order valence-electron chi connectivity index (χ1n) is 6.78. The highest BCUT2D eigenvalue weighted by atomic mass is 16.5. The molecule has 0 unspecified atom stereocenters. The Hall–Kier alpha value is -2.86. The van der Waals surface area contributed by atoms with E-state index in [1.54, 1.807) is 0 Å². The van der Waals surface area contributed by atoms with E-state index in [2.05, 4.69) is 17.1 Å². The van der Waals surface area contributed by atoms with Gasteiger partial charge < -0.3 is 4.74 Å². The molecule has 3 heteroatoms. The van der Waals surface area contributed by atoms with Gasteiger partial charge in [-0.15, -0.1) is 0 Å². The van der Waals surface area contributed by atoms with E-state index in [-0.39, 0.29) is 0 Å². The fourth-order valence-electron chi connectivity index (χ4n) is 2.14. The predicted molar refractivity (Wildman–Crippen MR) is 81.8 cm³/mol. The Bertz CT molecular complexity index is 788. The van der Waals surface area contributed by atoms with Gasteiger partial charge in [-0.2, -0.15) is 5.26 Å². The molecule has 2 aromatic carbocycles. The van der Waals surface area contributed by atoms with Gasteiger partial charge in [-0.05, 0) is 29.8 Å². The van der Waals surface area contributed by atoms with Crippen molar-refractivity contribution >= 4 is 10.9 Å². The Morgan fingerprint density at radius 1 is 0.952 bits per heavy atom. The quantitative estimate of drug-likeness (QED) is 0.725. The van der Waals surface area contributed by atoms with Crippen molar-refractivity contribution < 1.29 is 4.74 Å². The van der Waals surface area contributed by atoms with Gasteiger partial charge in [0.05, 0.1) is 23.7 Å². The fourth-order valence-corrected chi connectivity index (χ4v) is 2.14. The Kier molecular flexibility index (Phi) is 3.79. The van der Waals surface area contributed by atoms with Gasteiger partial charge in [-0.1, -0.05) is 36.4 Å². The maximum Gasteiger partial charge on any atom is 0.130 e. The molecule has 0 aliphatic rings. The van der Waals surface area contributed by atoms with Crippen molar-refractivity contribution in [3.63, 3.8) is 0 Å². The second kappa shape index (κ2) is 6.06. The van der Waals surface area contributed by atoms with E-state index in [4.69, 9.17) is 10.00 Å². The molecule has 0 saturated carbocycles. The first-order valence-corrected chi connectivity index (χ1v) is 6.78. The molecule has 102 valence electrons. The standard InChI is InChI=1S/C18H14N2O/c19-12-11-14-5-9-17(10-6-14)21-13-16-8-7-15-3-1-2-4-18(15)20-16/h1-10H,11,13H2. The maximum atomic E-state index is 8.64. The maximum absolute atomic E-state index is 8.64. The third-order valence-corrected chi connectivity index (χ3v) is 3.25. The number of hydrogen-bond acceptors (Lipinski definition) is 3. The van der Waals surface area contributed by atoms with Crippen LogP contribution < -0.4 is 4.74 Å². The second-order valence-electron chi connectivity index (χ2n) is 4.76. The number of aromatic nitrogens is 1. The van der Waals surface area contributed by atoms with Gasteiger partial charge in [-0.3, -0.25) is 0 Å². The second-order valence-corrected chi connectivity index (χ2v) is 4.76. The lowest BCUT2D eigenvalue weighted by atomic mass is 10.2. The summed E-state index contributed by atoms with van der Waals surface area (Å²) in [4.78, 5) is 4.57. The summed E-state index contributed by atoms with van der Waals surface area (Å²) in [6.07, 6.45) is 0.423. The lowest BCUT2D eigenvalue weighted by Crippen LogP contribution is -1.98. The zero-order valence-electron chi connectivity index (χ0n) is 11.5. The lowest BCUT2D eigenvalue weighted by molar-refractivity contribution is 0.302. The molecule has 0 saturated heterocycles. The number of ether oxygens (including phenoxy) is 1. The van der Waals surface area contributed by atoms with Crippen molar-refractivity contribution in [3.05, 3.63) is 71.9 Å². The van der Waals surface area contributed by atoms with E-state index in [0.717, 1.165) is 27.9 Å². The van der Waals surface area contributed by atoms with Crippen LogP contribution in [0, 0.1) is 11.3 Å². The SMILES string of the molecule is N#CCc1ccc(OCc2ccc3ccccc3n2)cc1. The van der Waals surface area contributed by atoms with Crippen LogP contribution in [-0.4, -0.2) is 4.98 Å². The molecule has 21 heavy (non-hydrogen) atoms. The lowest BCUT2D eigenvalue weighted by Gasteiger charge is -2.07. The first-order chi connectivity index (χ1) is 10.3. The highest BCUT2D eigenvalue weighted by Crippen LogP contribution is 2.16. The van der Waals surface area contributed by atoms with Crippen LogP contribution in [0.5, 0.6) is 5.75 Å². The normalized spacial score (nSPS) is 10.2. The molecule has 1 aromatic heterocycles. The van der Waals surface area contributed by atoms with Crippen LogP contribution in [0.1, 0.15) is 11.3 Å². The monoisotopic (exact) mass is 274 g/mol. The molecule has 0 radical (unpaired) electrons. The largest absolute Gasteiger partial charge is 0.487 e. The van der Waals surface area contributed by atoms with Crippen molar-refractivity contribution in [2.24, 2.45) is 0 Å². The van der Waals surface area contributed by atoms with Crippen LogP contribution in [0.25, 0.3) is 10.9 Å².